The molecule has 0 spiro atoms. The highest BCUT2D eigenvalue weighted by atomic mass is 16.7. The van der Waals surface area contributed by atoms with E-state index in [9.17, 15) is 14.9 Å². The van der Waals surface area contributed by atoms with Crippen molar-refractivity contribution in [2.75, 3.05) is 13.2 Å². The zero-order chi connectivity index (χ0) is 13.0. The first-order valence-electron chi connectivity index (χ1n) is 5.61. The van der Waals surface area contributed by atoms with Crippen LogP contribution in [-0.4, -0.2) is 34.0 Å². The van der Waals surface area contributed by atoms with Gasteiger partial charge in [0.2, 0.25) is 0 Å². The van der Waals surface area contributed by atoms with Gasteiger partial charge in [-0.25, -0.2) is 4.79 Å². The zero-order valence-corrected chi connectivity index (χ0v) is 9.65. The van der Waals surface area contributed by atoms with Crippen molar-refractivity contribution in [3.05, 3.63) is 33.0 Å². The van der Waals surface area contributed by atoms with Gasteiger partial charge in [-0.05, 0) is 6.42 Å². The summed E-state index contributed by atoms with van der Waals surface area (Å²) in [5, 5.41) is 10.6. The minimum atomic E-state index is -0.587. The average molecular weight is 255 g/mol. The van der Waals surface area contributed by atoms with Crippen LogP contribution in [-0.2, 0) is 16.0 Å². The molecule has 0 aliphatic carbocycles. The summed E-state index contributed by atoms with van der Waals surface area (Å²) in [6.07, 6.45) is 3.09. The topological polar surface area (TPSA) is 96.5 Å². The van der Waals surface area contributed by atoms with E-state index < -0.39 is 10.6 Å². The molecule has 2 rings (SSSR count). The summed E-state index contributed by atoms with van der Waals surface area (Å²) >= 11 is 0. The Kier molecular flexibility index (Phi) is 4.00. The molecule has 1 aliphatic rings. The summed E-state index contributed by atoms with van der Waals surface area (Å²) in [5.41, 5.74) is -0.725. The number of nitro groups is 1. The van der Waals surface area contributed by atoms with E-state index in [1.54, 1.807) is 0 Å². The second-order valence-corrected chi connectivity index (χ2v) is 3.86. The number of nitrogens with zero attached hydrogens (tertiary/aromatic N) is 3. The maximum Gasteiger partial charge on any atom is 0.347 e. The van der Waals surface area contributed by atoms with Gasteiger partial charge in [-0.1, -0.05) is 0 Å². The van der Waals surface area contributed by atoms with Gasteiger partial charge in [0, 0.05) is 13.0 Å². The molecule has 0 atom stereocenters. The predicted molar refractivity (Wildman–Crippen MR) is 60.1 cm³/mol. The van der Waals surface area contributed by atoms with Crippen molar-refractivity contribution in [2.45, 2.75) is 25.7 Å². The summed E-state index contributed by atoms with van der Waals surface area (Å²) in [5.74, 6) is 0. The fourth-order valence-electron chi connectivity index (χ4n) is 1.65. The molecule has 0 amide bonds. The van der Waals surface area contributed by atoms with Crippen LogP contribution in [0.3, 0.4) is 0 Å². The van der Waals surface area contributed by atoms with Crippen molar-refractivity contribution >= 4 is 5.69 Å². The highest BCUT2D eigenvalue weighted by Crippen LogP contribution is 2.10. The van der Waals surface area contributed by atoms with Crippen LogP contribution in [0.25, 0.3) is 0 Å². The Bertz CT molecular complexity index is 481. The number of hydrogen-bond donors (Lipinski definition) is 0. The van der Waals surface area contributed by atoms with Crippen LogP contribution in [0.5, 0.6) is 0 Å². The predicted octanol–water partition coefficient (Wildman–Crippen LogP) is 0.305. The third-order valence-corrected chi connectivity index (χ3v) is 2.55. The average Bonchev–Trinajstić information content (AvgIpc) is 2.38. The minimum absolute atomic E-state index is 0.208. The zero-order valence-electron chi connectivity index (χ0n) is 9.65. The first kappa shape index (κ1) is 12.7. The molecule has 0 aromatic carbocycles. The molecule has 2 heterocycles. The molecule has 1 aromatic heterocycles. The van der Waals surface area contributed by atoms with Crippen LogP contribution in [0.2, 0.25) is 0 Å². The molecule has 18 heavy (non-hydrogen) atoms. The van der Waals surface area contributed by atoms with E-state index in [4.69, 9.17) is 9.47 Å². The van der Waals surface area contributed by atoms with Crippen LogP contribution < -0.4 is 5.69 Å². The minimum Gasteiger partial charge on any atom is -0.353 e. The van der Waals surface area contributed by atoms with Gasteiger partial charge >= 0.3 is 11.4 Å². The third kappa shape index (κ3) is 3.11. The van der Waals surface area contributed by atoms with Crippen molar-refractivity contribution in [3.63, 3.8) is 0 Å². The van der Waals surface area contributed by atoms with E-state index in [0.717, 1.165) is 12.6 Å². The van der Waals surface area contributed by atoms with Gasteiger partial charge in [-0.2, -0.15) is 4.98 Å². The van der Waals surface area contributed by atoms with E-state index in [1.807, 2.05) is 0 Å². The Hall–Kier alpha value is -1.80. The van der Waals surface area contributed by atoms with Crippen molar-refractivity contribution in [1.29, 1.82) is 0 Å². The van der Waals surface area contributed by atoms with Gasteiger partial charge in [-0.3, -0.25) is 14.7 Å². The van der Waals surface area contributed by atoms with E-state index in [1.165, 1.54) is 10.8 Å². The molecule has 0 radical (unpaired) electrons. The van der Waals surface area contributed by atoms with Gasteiger partial charge < -0.3 is 9.47 Å². The molecule has 8 heteroatoms. The molecule has 0 unspecified atom stereocenters. The van der Waals surface area contributed by atoms with Crippen molar-refractivity contribution in [2.24, 2.45) is 0 Å². The normalized spacial score (nSPS) is 16.7. The maximum atomic E-state index is 11.4. The first-order valence-corrected chi connectivity index (χ1v) is 5.61. The molecule has 1 saturated heterocycles. The fourth-order valence-corrected chi connectivity index (χ4v) is 1.65. The number of ether oxygens (including phenoxy) is 2. The molecule has 98 valence electrons. The van der Waals surface area contributed by atoms with Gasteiger partial charge in [0.25, 0.3) is 0 Å². The van der Waals surface area contributed by atoms with Gasteiger partial charge in [0.1, 0.15) is 6.20 Å². The van der Waals surface area contributed by atoms with E-state index in [0.29, 0.717) is 19.6 Å². The van der Waals surface area contributed by atoms with Crippen molar-refractivity contribution in [3.8, 4) is 0 Å². The Morgan fingerprint density at radius 3 is 2.89 bits per heavy atom. The van der Waals surface area contributed by atoms with Crippen molar-refractivity contribution < 1.29 is 14.4 Å². The second-order valence-electron chi connectivity index (χ2n) is 3.86. The standard InChI is InChI=1S/C10H13N3O5/c14-10-11-6-8(13(15)16)7-12(10)3-2-9-17-4-1-5-18-9/h6-7,9H,1-5H2. The highest BCUT2D eigenvalue weighted by Gasteiger charge is 2.15. The molecule has 0 saturated carbocycles. The lowest BCUT2D eigenvalue weighted by molar-refractivity contribution is -0.385. The quantitative estimate of drug-likeness (QED) is 0.567. The summed E-state index contributed by atoms with van der Waals surface area (Å²) < 4.78 is 11.8. The fraction of sp³-hybridized carbons (Fsp3) is 0.600. The van der Waals surface area contributed by atoms with Crippen molar-refractivity contribution in [1.82, 2.24) is 9.55 Å². The molecule has 1 aliphatic heterocycles. The molecule has 8 nitrogen and oxygen atoms in total. The Balaban J connectivity index is 2.01. The SMILES string of the molecule is O=c1ncc([N+](=O)[O-])cn1CCC1OCCCO1. The second kappa shape index (κ2) is 5.69. The molecular weight excluding hydrogens is 242 g/mol. The van der Waals surface area contributed by atoms with E-state index >= 15 is 0 Å². The Morgan fingerprint density at radius 1 is 1.50 bits per heavy atom. The van der Waals surface area contributed by atoms with E-state index in [-0.39, 0.29) is 18.5 Å². The van der Waals surface area contributed by atoms with Crippen LogP contribution in [0, 0.1) is 10.1 Å². The molecule has 1 fully saturated rings. The van der Waals surface area contributed by atoms with Gasteiger partial charge in [-0.15, -0.1) is 0 Å². The number of hydrogen-bond acceptors (Lipinski definition) is 6. The lowest BCUT2D eigenvalue weighted by atomic mass is 10.3. The Morgan fingerprint density at radius 2 is 2.22 bits per heavy atom. The summed E-state index contributed by atoms with van der Waals surface area (Å²) in [6, 6.07) is 0. The van der Waals surface area contributed by atoms with Crippen LogP contribution in [0.1, 0.15) is 12.8 Å². The largest absolute Gasteiger partial charge is 0.353 e. The number of rotatable bonds is 4. The van der Waals surface area contributed by atoms with Gasteiger partial charge in [0.15, 0.2) is 6.29 Å². The monoisotopic (exact) mass is 255 g/mol. The van der Waals surface area contributed by atoms with Crippen LogP contribution >= 0.6 is 0 Å². The Labute approximate surface area is 102 Å². The molecule has 0 bridgehead atoms. The maximum absolute atomic E-state index is 11.4. The molecule has 0 N–H and O–H groups in total. The summed E-state index contributed by atoms with van der Waals surface area (Å²) in [6.45, 7) is 1.54. The number of aryl methyl sites for hydroxylation is 1. The first-order chi connectivity index (χ1) is 8.66. The third-order valence-electron chi connectivity index (χ3n) is 2.55. The number of aromatic nitrogens is 2. The van der Waals surface area contributed by atoms with Crippen LogP contribution in [0.4, 0.5) is 5.69 Å². The molecule has 1 aromatic rings. The highest BCUT2D eigenvalue weighted by molar-refractivity contribution is 5.20. The van der Waals surface area contributed by atoms with Gasteiger partial charge in [0.05, 0.1) is 24.3 Å². The van der Waals surface area contributed by atoms with E-state index in [2.05, 4.69) is 4.98 Å². The van der Waals surface area contributed by atoms with Crippen LogP contribution in [0.15, 0.2) is 17.2 Å². The lowest BCUT2D eigenvalue weighted by Crippen LogP contribution is -2.29. The smallest absolute Gasteiger partial charge is 0.347 e. The summed E-state index contributed by atoms with van der Waals surface area (Å²) in [4.78, 5) is 24.8. The lowest BCUT2D eigenvalue weighted by Gasteiger charge is -2.23. The molecular formula is C10H13N3O5. The summed E-state index contributed by atoms with van der Waals surface area (Å²) in [7, 11) is 0.